The first-order valence-electron chi connectivity index (χ1n) is 11.1. The van der Waals surface area contributed by atoms with Gasteiger partial charge in [0.25, 0.3) is 11.8 Å². The third-order valence-electron chi connectivity index (χ3n) is 6.28. The number of benzene rings is 2. The summed E-state index contributed by atoms with van der Waals surface area (Å²) in [5, 5.41) is 3.36. The summed E-state index contributed by atoms with van der Waals surface area (Å²) in [7, 11) is 0. The van der Waals surface area contributed by atoms with Crippen LogP contribution in [0.15, 0.2) is 54.6 Å². The van der Waals surface area contributed by atoms with Crippen molar-refractivity contribution >= 4 is 29.6 Å². The highest BCUT2D eigenvalue weighted by Gasteiger charge is 2.52. The minimum absolute atomic E-state index is 0.155. The van der Waals surface area contributed by atoms with Crippen LogP contribution in [-0.2, 0) is 14.3 Å². The van der Waals surface area contributed by atoms with Crippen LogP contribution in [0.5, 0.6) is 0 Å². The van der Waals surface area contributed by atoms with E-state index >= 15 is 0 Å². The lowest BCUT2D eigenvalue weighted by molar-refractivity contribution is -0.141. The lowest BCUT2D eigenvalue weighted by Crippen LogP contribution is -2.52. The van der Waals surface area contributed by atoms with Crippen molar-refractivity contribution in [3.05, 3.63) is 71.3 Å². The van der Waals surface area contributed by atoms with Gasteiger partial charge in [0.1, 0.15) is 5.54 Å². The van der Waals surface area contributed by atoms with Crippen LogP contribution < -0.4 is 10.7 Å². The number of hydrazine groups is 1. The molecule has 1 spiro atoms. The number of hydrogen-bond acceptors (Lipinski definition) is 6. The topological polar surface area (TPSA) is 122 Å². The summed E-state index contributed by atoms with van der Waals surface area (Å²) < 4.78 is 5.00. The average molecular weight is 463 g/mol. The zero-order valence-corrected chi connectivity index (χ0v) is 18.7. The van der Waals surface area contributed by atoms with Gasteiger partial charge < -0.3 is 10.1 Å². The predicted octanol–water partition coefficient (Wildman–Crippen LogP) is 2.61. The molecule has 0 bridgehead atoms. The summed E-state index contributed by atoms with van der Waals surface area (Å²) in [6.07, 6.45) is 2.65. The zero-order valence-electron chi connectivity index (χ0n) is 18.7. The van der Waals surface area contributed by atoms with Crippen molar-refractivity contribution in [1.29, 1.82) is 0 Å². The Bertz CT molecular complexity index is 1120. The van der Waals surface area contributed by atoms with Gasteiger partial charge in [-0.1, -0.05) is 49.4 Å². The molecule has 2 aromatic rings. The molecule has 0 radical (unpaired) electrons. The standard InChI is InChI=1S/C25H25N3O6/c1-16-11-13-25(14-12-16)23(32)28(24(33)26-25)27-20(29)15-34-22(31)19-9-7-18(8-10-19)21(30)17-5-3-2-4-6-17/h2-10,16H,11-15H2,1H3,(H,26,33)(H,27,29). The van der Waals surface area contributed by atoms with Crippen molar-refractivity contribution in [2.45, 2.75) is 38.1 Å². The van der Waals surface area contributed by atoms with Crippen LogP contribution in [0, 0.1) is 5.92 Å². The summed E-state index contributed by atoms with van der Waals surface area (Å²) in [6.45, 7) is 1.42. The maximum atomic E-state index is 12.8. The van der Waals surface area contributed by atoms with E-state index in [4.69, 9.17) is 4.74 Å². The van der Waals surface area contributed by atoms with Crippen LogP contribution in [0.4, 0.5) is 4.79 Å². The molecule has 2 aromatic carbocycles. The molecule has 0 atom stereocenters. The Balaban J connectivity index is 1.30. The van der Waals surface area contributed by atoms with E-state index in [9.17, 15) is 24.0 Å². The molecule has 9 nitrogen and oxygen atoms in total. The maximum Gasteiger partial charge on any atom is 0.344 e. The molecular weight excluding hydrogens is 438 g/mol. The van der Waals surface area contributed by atoms with Crippen LogP contribution in [0.1, 0.15) is 58.9 Å². The van der Waals surface area contributed by atoms with Crippen LogP contribution in [-0.4, -0.2) is 46.8 Å². The van der Waals surface area contributed by atoms with Crippen molar-refractivity contribution in [3.63, 3.8) is 0 Å². The fourth-order valence-electron chi connectivity index (χ4n) is 4.20. The number of carbonyl (C=O) groups excluding carboxylic acids is 5. The van der Waals surface area contributed by atoms with Gasteiger partial charge in [0, 0.05) is 11.1 Å². The molecular formula is C25H25N3O6. The first-order chi connectivity index (χ1) is 16.3. The van der Waals surface area contributed by atoms with Crippen molar-refractivity contribution in [2.75, 3.05) is 6.61 Å². The smallest absolute Gasteiger partial charge is 0.344 e. The normalized spacial score (nSPS) is 21.8. The number of rotatable bonds is 6. The quantitative estimate of drug-likeness (QED) is 0.386. The molecule has 4 rings (SSSR count). The van der Waals surface area contributed by atoms with E-state index in [2.05, 4.69) is 17.7 Å². The fourth-order valence-corrected chi connectivity index (χ4v) is 4.20. The molecule has 1 heterocycles. The molecule has 1 saturated heterocycles. The minimum Gasteiger partial charge on any atom is -0.452 e. The van der Waals surface area contributed by atoms with Crippen LogP contribution in [0.25, 0.3) is 0 Å². The highest BCUT2D eigenvalue weighted by molar-refractivity contribution is 6.09. The Kier molecular flexibility index (Phi) is 6.45. The van der Waals surface area contributed by atoms with E-state index in [0.29, 0.717) is 34.9 Å². The lowest BCUT2D eigenvalue weighted by Gasteiger charge is -2.33. The van der Waals surface area contributed by atoms with Gasteiger partial charge in [-0.05, 0) is 43.7 Å². The number of urea groups is 1. The van der Waals surface area contributed by atoms with Crippen molar-refractivity contribution in [2.24, 2.45) is 5.92 Å². The summed E-state index contributed by atoms with van der Waals surface area (Å²) in [6, 6.07) is 13.9. The second-order valence-electron chi connectivity index (χ2n) is 8.72. The molecule has 1 aliphatic heterocycles. The van der Waals surface area contributed by atoms with Crippen molar-refractivity contribution in [1.82, 2.24) is 15.8 Å². The second kappa shape index (κ2) is 9.46. The number of hydrogen-bond donors (Lipinski definition) is 2. The van der Waals surface area contributed by atoms with Crippen molar-refractivity contribution < 1.29 is 28.7 Å². The van der Waals surface area contributed by atoms with E-state index in [1.807, 2.05) is 6.07 Å². The van der Waals surface area contributed by atoms with E-state index in [-0.39, 0.29) is 11.3 Å². The minimum atomic E-state index is -0.980. The number of esters is 1. The Hall–Kier alpha value is -4.01. The molecule has 2 fully saturated rings. The average Bonchev–Trinajstić information content (AvgIpc) is 3.08. The SMILES string of the molecule is CC1CCC2(CC1)NC(=O)N(NC(=O)COC(=O)c1ccc(C(=O)c3ccccc3)cc1)C2=O. The Morgan fingerprint density at radius 1 is 0.971 bits per heavy atom. The molecule has 1 aliphatic carbocycles. The molecule has 2 N–H and O–H groups in total. The number of ether oxygens (including phenoxy) is 1. The molecule has 176 valence electrons. The summed E-state index contributed by atoms with van der Waals surface area (Å²) in [5.41, 5.74) is 2.33. The number of carbonyl (C=O) groups is 5. The van der Waals surface area contributed by atoms with Gasteiger partial charge in [0.15, 0.2) is 12.4 Å². The molecule has 0 unspecified atom stereocenters. The molecule has 1 saturated carbocycles. The highest BCUT2D eigenvalue weighted by atomic mass is 16.5. The van der Waals surface area contributed by atoms with Gasteiger partial charge >= 0.3 is 12.0 Å². The third kappa shape index (κ3) is 4.68. The largest absolute Gasteiger partial charge is 0.452 e. The number of nitrogens with one attached hydrogen (secondary N) is 2. The monoisotopic (exact) mass is 463 g/mol. The Morgan fingerprint density at radius 3 is 2.21 bits per heavy atom. The van der Waals surface area contributed by atoms with Crippen LogP contribution in [0.3, 0.4) is 0 Å². The van der Waals surface area contributed by atoms with E-state index in [1.165, 1.54) is 24.3 Å². The molecule has 34 heavy (non-hydrogen) atoms. The third-order valence-corrected chi connectivity index (χ3v) is 6.28. The Morgan fingerprint density at radius 2 is 1.56 bits per heavy atom. The summed E-state index contributed by atoms with van der Waals surface area (Å²) in [4.78, 5) is 62.0. The summed E-state index contributed by atoms with van der Waals surface area (Å²) in [5.74, 6) is -1.79. The van der Waals surface area contributed by atoms with Gasteiger partial charge in [-0.15, -0.1) is 0 Å². The molecule has 4 amide bonds. The number of nitrogens with zero attached hydrogens (tertiary/aromatic N) is 1. The van der Waals surface area contributed by atoms with E-state index < -0.39 is 36.0 Å². The Labute approximate surface area is 196 Å². The number of imide groups is 1. The van der Waals surface area contributed by atoms with Crippen molar-refractivity contribution in [3.8, 4) is 0 Å². The predicted molar refractivity (Wildman–Crippen MR) is 120 cm³/mol. The van der Waals surface area contributed by atoms with Gasteiger partial charge in [-0.2, -0.15) is 5.01 Å². The first-order valence-corrected chi connectivity index (χ1v) is 11.1. The zero-order chi connectivity index (χ0) is 24.3. The highest BCUT2D eigenvalue weighted by Crippen LogP contribution is 2.35. The van der Waals surface area contributed by atoms with E-state index in [0.717, 1.165) is 12.8 Å². The molecule has 2 aliphatic rings. The second-order valence-corrected chi connectivity index (χ2v) is 8.72. The first kappa shape index (κ1) is 23.2. The van der Waals surface area contributed by atoms with E-state index in [1.54, 1.807) is 24.3 Å². The fraction of sp³-hybridized carbons (Fsp3) is 0.320. The van der Waals surface area contributed by atoms with Crippen LogP contribution in [0.2, 0.25) is 0 Å². The van der Waals surface area contributed by atoms with Gasteiger partial charge in [0.2, 0.25) is 0 Å². The number of amides is 4. The van der Waals surface area contributed by atoms with Gasteiger partial charge in [-0.3, -0.25) is 19.8 Å². The maximum absolute atomic E-state index is 12.8. The number of ketones is 1. The van der Waals surface area contributed by atoms with Crippen LogP contribution >= 0.6 is 0 Å². The van der Waals surface area contributed by atoms with Gasteiger partial charge in [0.05, 0.1) is 5.56 Å². The lowest BCUT2D eigenvalue weighted by atomic mass is 9.77. The molecule has 0 aromatic heterocycles. The van der Waals surface area contributed by atoms with Gasteiger partial charge in [-0.25, -0.2) is 9.59 Å². The molecule has 9 heteroatoms. The summed E-state index contributed by atoms with van der Waals surface area (Å²) >= 11 is 0.